The lowest BCUT2D eigenvalue weighted by Gasteiger charge is -2.24. The highest BCUT2D eigenvalue weighted by molar-refractivity contribution is 7.07. The van der Waals surface area contributed by atoms with Crippen molar-refractivity contribution in [3.63, 3.8) is 0 Å². The highest BCUT2D eigenvalue weighted by Gasteiger charge is 2.33. The van der Waals surface area contributed by atoms with Crippen molar-refractivity contribution in [2.24, 2.45) is 4.99 Å². The minimum absolute atomic E-state index is 0.209. The number of allylic oxidation sites excluding steroid dienone is 1. The Morgan fingerprint density at radius 2 is 1.86 bits per heavy atom. The van der Waals surface area contributed by atoms with Gasteiger partial charge >= 0.3 is 5.97 Å². The zero-order valence-corrected chi connectivity index (χ0v) is 26.0. The molecule has 0 radical (unpaired) electrons. The lowest BCUT2D eigenvalue weighted by Crippen LogP contribution is -2.39. The van der Waals surface area contributed by atoms with E-state index < -0.39 is 12.0 Å². The number of fused-ring (bicyclic) bond motifs is 2. The van der Waals surface area contributed by atoms with Crippen molar-refractivity contribution < 1.29 is 14.3 Å². The molecule has 0 saturated heterocycles. The van der Waals surface area contributed by atoms with E-state index in [1.54, 1.807) is 31.6 Å². The minimum Gasteiger partial charge on any atom is -0.497 e. The molecule has 3 heterocycles. The first kappa shape index (κ1) is 29.0. The predicted molar refractivity (Wildman–Crippen MR) is 171 cm³/mol. The van der Waals surface area contributed by atoms with Crippen LogP contribution in [0.1, 0.15) is 36.6 Å². The van der Waals surface area contributed by atoms with Crippen LogP contribution in [-0.4, -0.2) is 28.8 Å². The molecule has 7 nitrogen and oxygen atoms in total. The van der Waals surface area contributed by atoms with Crippen LogP contribution < -0.4 is 19.6 Å². The SMILES string of the molecule is CCOC(=O)C1=C(C)N=c2sc(=Cc3cn(Cc4ccc(Cl)cc4Cl)c4ccccc34)c(=O)n2C1c1ccc(OC)cc1. The van der Waals surface area contributed by atoms with Crippen LogP contribution in [0.25, 0.3) is 17.0 Å². The van der Waals surface area contributed by atoms with Gasteiger partial charge in [0.15, 0.2) is 4.80 Å². The van der Waals surface area contributed by atoms with E-state index in [2.05, 4.69) is 9.56 Å². The highest BCUT2D eigenvalue weighted by atomic mass is 35.5. The van der Waals surface area contributed by atoms with Gasteiger partial charge in [-0.1, -0.05) is 70.9 Å². The van der Waals surface area contributed by atoms with Gasteiger partial charge < -0.3 is 14.0 Å². The Morgan fingerprint density at radius 1 is 1.09 bits per heavy atom. The maximum absolute atomic E-state index is 14.1. The normalized spacial score (nSPS) is 15.0. The predicted octanol–water partition coefficient (Wildman–Crippen LogP) is 6.12. The summed E-state index contributed by atoms with van der Waals surface area (Å²) >= 11 is 13.9. The Balaban J connectivity index is 1.50. The lowest BCUT2D eigenvalue weighted by atomic mass is 9.96. The number of halogens is 2. The molecule has 10 heteroatoms. The molecule has 1 unspecified atom stereocenters. The van der Waals surface area contributed by atoms with Gasteiger partial charge in [0.05, 0.1) is 35.6 Å². The Bertz CT molecular complexity index is 2090. The van der Waals surface area contributed by atoms with Crippen LogP contribution in [0, 0.1) is 0 Å². The monoisotopic (exact) mass is 631 g/mol. The van der Waals surface area contributed by atoms with Gasteiger partial charge in [-0.25, -0.2) is 9.79 Å². The molecule has 0 spiro atoms. The van der Waals surface area contributed by atoms with Crippen molar-refractivity contribution in [1.29, 1.82) is 0 Å². The molecule has 5 aromatic rings. The van der Waals surface area contributed by atoms with E-state index >= 15 is 0 Å². The number of rotatable bonds is 7. The summed E-state index contributed by atoms with van der Waals surface area (Å²) < 4.78 is 14.9. The van der Waals surface area contributed by atoms with E-state index in [9.17, 15) is 9.59 Å². The van der Waals surface area contributed by atoms with Gasteiger partial charge in [0.2, 0.25) is 0 Å². The number of methoxy groups -OCH3 is 1. The van der Waals surface area contributed by atoms with Crippen LogP contribution in [0.5, 0.6) is 5.75 Å². The number of aromatic nitrogens is 2. The number of carbonyl (C=O) groups excluding carboxylic acids is 1. The second kappa shape index (κ2) is 11.9. The summed E-state index contributed by atoms with van der Waals surface area (Å²) in [6.07, 6.45) is 3.91. The Hall–Kier alpha value is -4.11. The second-order valence-corrected chi connectivity index (χ2v) is 11.9. The number of hydrogen-bond acceptors (Lipinski definition) is 6. The van der Waals surface area contributed by atoms with Crippen LogP contribution in [-0.2, 0) is 16.1 Å². The molecular formula is C33H27Cl2N3O4S. The average Bonchev–Trinajstić information content (AvgIpc) is 3.50. The zero-order chi connectivity index (χ0) is 30.2. The Kier molecular flexibility index (Phi) is 8.01. The first-order valence-corrected chi connectivity index (χ1v) is 15.2. The molecule has 3 aromatic carbocycles. The molecule has 6 rings (SSSR count). The quantitative estimate of drug-likeness (QED) is 0.203. The number of esters is 1. The lowest BCUT2D eigenvalue weighted by molar-refractivity contribution is -0.139. The third-order valence-corrected chi connectivity index (χ3v) is 8.98. The fourth-order valence-corrected chi connectivity index (χ4v) is 6.89. The summed E-state index contributed by atoms with van der Waals surface area (Å²) in [7, 11) is 1.59. The number of carbonyl (C=O) groups is 1. The van der Waals surface area contributed by atoms with E-state index in [1.807, 2.05) is 72.9 Å². The summed E-state index contributed by atoms with van der Waals surface area (Å²) in [5, 5.41) is 2.16. The molecule has 1 aliphatic heterocycles. The molecule has 1 aliphatic rings. The molecule has 0 saturated carbocycles. The summed E-state index contributed by atoms with van der Waals surface area (Å²) in [4.78, 5) is 32.5. The van der Waals surface area contributed by atoms with Crippen LogP contribution in [0.2, 0.25) is 10.0 Å². The van der Waals surface area contributed by atoms with Crippen LogP contribution in [0.15, 0.2) is 94.0 Å². The standard InChI is InChI=1S/C33H27Cl2N3O4S/c1-4-42-32(40)29-19(2)36-33-38(30(29)20-10-13-24(41-3)14-11-20)31(39)28(43-33)15-22-18-37(27-8-6-5-7-25(22)27)17-21-9-12-23(34)16-26(21)35/h5-16,18,30H,4,17H2,1-3H3. The summed E-state index contributed by atoms with van der Waals surface area (Å²) in [6, 6.07) is 20.1. The van der Waals surface area contributed by atoms with Crippen molar-refractivity contribution in [1.82, 2.24) is 9.13 Å². The second-order valence-electron chi connectivity index (χ2n) is 10.0. The van der Waals surface area contributed by atoms with Gasteiger partial charge in [0.1, 0.15) is 5.75 Å². The topological polar surface area (TPSA) is 74.8 Å². The Morgan fingerprint density at radius 3 is 2.58 bits per heavy atom. The zero-order valence-electron chi connectivity index (χ0n) is 23.6. The molecular weight excluding hydrogens is 605 g/mol. The molecule has 0 amide bonds. The molecule has 218 valence electrons. The van der Waals surface area contributed by atoms with Crippen molar-refractivity contribution in [3.05, 3.63) is 131 Å². The van der Waals surface area contributed by atoms with E-state index in [-0.39, 0.29) is 12.2 Å². The molecule has 0 fully saturated rings. The summed E-state index contributed by atoms with van der Waals surface area (Å²) in [6.45, 7) is 4.27. The van der Waals surface area contributed by atoms with Crippen LogP contribution >= 0.6 is 34.5 Å². The number of hydrogen-bond donors (Lipinski definition) is 0. The van der Waals surface area contributed by atoms with Gasteiger partial charge in [-0.2, -0.15) is 0 Å². The Labute approximate surface area is 261 Å². The van der Waals surface area contributed by atoms with E-state index in [1.165, 1.54) is 11.3 Å². The van der Waals surface area contributed by atoms with Crippen molar-refractivity contribution in [2.75, 3.05) is 13.7 Å². The van der Waals surface area contributed by atoms with Crippen molar-refractivity contribution >= 4 is 57.5 Å². The summed E-state index contributed by atoms with van der Waals surface area (Å²) in [5.41, 5.74) is 4.18. The molecule has 1 atom stereocenters. The van der Waals surface area contributed by atoms with Gasteiger partial charge in [0.25, 0.3) is 5.56 Å². The minimum atomic E-state index is -0.697. The number of nitrogens with zero attached hydrogens (tertiary/aromatic N) is 3. The number of ether oxygens (including phenoxy) is 2. The highest BCUT2D eigenvalue weighted by Crippen LogP contribution is 2.32. The van der Waals surface area contributed by atoms with Gasteiger partial charge in [-0.15, -0.1) is 0 Å². The first-order valence-electron chi connectivity index (χ1n) is 13.6. The van der Waals surface area contributed by atoms with Crippen LogP contribution in [0.3, 0.4) is 0 Å². The average molecular weight is 633 g/mol. The van der Waals surface area contributed by atoms with Crippen molar-refractivity contribution in [2.45, 2.75) is 26.4 Å². The van der Waals surface area contributed by atoms with Crippen molar-refractivity contribution in [3.8, 4) is 5.75 Å². The fourth-order valence-electron chi connectivity index (χ4n) is 5.39. The maximum atomic E-state index is 14.1. The molecule has 0 N–H and O–H groups in total. The van der Waals surface area contributed by atoms with E-state index in [0.29, 0.717) is 42.9 Å². The molecule has 43 heavy (non-hydrogen) atoms. The van der Waals surface area contributed by atoms with Gasteiger partial charge in [-0.05, 0) is 61.4 Å². The number of para-hydroxylation sites is 1. The third kappa shape index (κ3) is 5.42. The first-order chi connectivity index (χ1) is 20.8. The smallest absolute Gasteiger partial charge is 0.338 e. The van der Waals surface area contributed by atoms with Gasteiger partial charge in [0, 0.05) is 39.3 Å². The number of benzene rings is 3. The van der Waals surface area contributed by atoms with Crippen LogP contribution in [0.4, 0.5) is 0 Å². The largest absolute Gasteiger partial charge is 0.497 e. The maximum Gasteiger partial charge on any atom is 0.338 e. The van der Waals surface area contributed by atoms with E-state index in [0.717, 1.165) is 27.6 Å². The molecule has 0 bridgehead atoms. The summed E-state index contributed by atoms with van der Waals surface area (Å²) in [5.74, 6) is 0.175. The number of thiazole rings is 1. The van der Waals surface area contributed by atoms with Gasteiger partial charge in [-0.3, -0.25) is 9.36 Å². The fraction of sp³-hybridized carbons (Fsp3) is 0.182. The third-order valence-electron chi connectivity index (χ3n) is 7.41. The van der Waals surface area contributed by atoms with E-state index in [4.69, 9.17) is 32.7 Å². The molecule has 0 aliphatic carbocycles. The molecule has 2 aromatic heterocycles.